The Hall–Kier alpha value is -1.66. The van der Waals surface area contributed by atoms with Gasteiger partial charge in [-0.1, -0.05) is 18.2 Å². The maximum Gasteiger partial charge on any atom is 0.317 e. The van der Waals surface area contributed by atoms with Crippen molar-refractivity contribution in [3.63, 3.8) is 0 Å². The smallest absolute Gasteiger partial charge is 0.317 e. The van der Waals surface area contributed by atoms with Gasteiger partial charge in [0.1, 0.15) is 5.82 Å². The number of rotatable bonds is 7. The van der Waals surface area contributed by atoms with E-state index in [1.165, 1.54) is 6.07 Å². The SMILES string of the molecule is COCCN(C)C[C@H]1CCCN1C(=O)NCc1ccccc1F. The summed E-state index contributed by atoms with van der Waals surface area (Å²) in [4.78, 5) is 16.4. The van der Waals surface area contributed by atoms with E-state index in [9.17, 15) is 9.18 Å². The van der Waals surface area contributed by atoms with Crippen molar-refractivity contribution in [3.05, 3.63) is 35.6 Å². The summed E-state index contributed by atoms with van der Waals surface area (Å²) >= 11 is 0. The van der Waals surface area contributed by atoms with Gasteiger partial charge in [-0.15, -0.1) is 0 Å². The summed E-state index contributed by atoms with van der Waals surface area (Å²) in [6, 6.07) is 6.61. The molecule has 1 fully saturated rings. The highest BCUT2D eigenvalue weighted by Gasteiger charge is 2.29. The van der Waals surface area contributed by atoms with Crippen molar-refractivity contribution in [1.82, 2.24) is 15.1 Å². The van der Waals surface area contributed by atoms with E-state index < -0.39 is 0 Å². The Bertz CT molecular complexity index is 512. The largest absolute Gasteiger partial charge is 0.383 e. The Balaban J connectivity index is 1.84. The molecule has 2 rings (SSSR count). The van der Waals surface area contributed by atoms with Gasteiger partial charge in [0.2, 0.25) is 0 Å². The van der Waals surface area contributed by atoms with Gasteiger partial charge in [0.25, 0.3) is 0 Å². The summed E-state index contributed by atoms with van der Waals surface area (Å²) in [6.07, 6.45) is 2.01. The van der Waals surface area contributed by atoms with E-state index in [0.717, 1.165) is 32.5 Å². The minimum atomic E-state index is -0.287. The minimum absolute atomic E-state index is 0.115. The fourth-order valence-corrected chi connectivity index (χ4v) is 2.91. The zero-order valence-electron chi connectivity index (χ0n) is 13.9. The van der Waals surface area contributed by atoms with Crippen LogP contribution in [0.1, 0.15) is 18.4 Å². The average molecular weight is 323 g/mol. The molecule has 0 aliphatic carbocycles. The van der Waals surface area contributed by atoms with Crippen molar-refractivity contribution in [2.75, 3.05) is 40.4 Å². The summed E-state index contributed by atoms with van der Waals surface area (Å²) in [5.41, 5.74) is 0.508. The number of amides is 2. The second-order valence-corrected chi connectivity index (χ2v) is 5.99. The monoisotopic (exact) mass is 323 g/mol. The van der Waals surface area contributed by atoms with Gasteiger partial charge in [0.05, 0.1) is 6.61 Å². The predicted octanol–water partition coefficient (Wildman–Crippen LogP) is 2.08. The maximum atomic E-state index is 13.6. The zero-order valence-corrected chi connectivity index (χ0v) is 13.9. The van der Waals surface area contributed by atoms with Gasteiger partial charge in [0, 0.05) is 44.9 Å². The highest BCUT2D eigenvalue weighted by molar-refractivity contribution is 5.74. The van der Waals surface area contributed by atoms with Crippen LogP contribution in [0.3, 0.4) is 0 Å². The third-order valence-corrected chi connectivity index (χ3v) is 4.23. The van der Waals surface area contributed by atoms with Crippen LogP contribution in [0, 0.1) is 5.82 Å². The number of halogens is 1. The molecule has 0 bridgehead atoms. The highest BCUT2D eigenvalue weighted by atomic mass is 19.1. The van der Waals surface area contributed by atoms with Crippen LogP contribution in [0.15, 0.2) is 24.3 Å². The lowest BCUT2D eigenvalue weighted by molar-refractivity contribution is 0.140. The molecule has 0 spiro atoms. The number of benzene rings is 1. The van der Waals surface area contributed by atoms with E-state index in [4.69, 9.17) is 4.74 Å². The lowest BCUT2D eigenvalue weighted by Crippen LogP contribution is -2.47. The van der Waals surface area contributed by atoms with Crippen LogP contribution >= 0.6 is 0 Å². The minimum Gasteiger partial charge on any atom is -0.383 e. The second kappa shape index (κ2) is 8.84. The summed E-state index contributed by atoms with van der Waals surface area (Å²) in [6.45, 7) is 3.33. The van der Waals surface area contributed by atoms with Gasteiger partial charge >= 0.3 is 6.03 Å². The first-order valence-electron chi connectivity index (χ1n) is 8.07. The number of carbonyl (C=O) groups is 1. The molecule has 1 heterocycles. The molecular weight excluding hydrogens is 297 g/mol. The first kappa shape index (κ1) is 17.7. The van der Waals surface area contributed by atoms with Crippen LogP contribution in [-0.2, 0) is 11.3 Å². The molecule has 1 N–H and O–H groups in total. The van der Waals surface area contributed by atoms with Crippen molar-refractivity contribution in [2.45, 2.75) is 25.4 Å². The highest BCUT2D eigenvalue weighted by Crippen LogP contribution is 2.18. The quantitative estimate of drug-likeness (QED) is 0.835. The van der Waals surface area contributed by atoms with E-state index in [0.29, 0.717) is 12.2 Å². The molecule has 0 saturated carbocycles. The van der Waals surface area contributed by atoms with Crippen molar-refractivity contribution in [1.29, 1.82) is 0 Å². The van der Waals surface area contributed by atoms with Gasteiger partial charge in [-0.2, -0.15) is 0 Å². The van der Waals surface area contributed by atoms with Crippen LogP contribution < -0.4 is 5.32 Å². The first-order valence-corrected chi connectivity index (χ1v) is 8.07. The number of carbonyl (C=O) groups excluding carboxylic acids is 1. The fraction of sp³-hybridized carbons (Fsp3) is 0.588. The molecule has 1 aromatic rings. The number of hydrogen-bond acceptors (Lipinski definition) is 3. The van der Waals surface area contributed by atoms with E-state index in [1.807, 2.05) is 11.9 Å². The fourth-order valence-electron chi connectivity index (χ4n) is 2.91. The standard InChI is InChI=1S/C17H26FN3O2/c1-20(10-11-23-2)13-15-7-5-9-21(15)17(22)19-12-14-6-3-4-8-16(14)18/h3-4,6,8,15H,5,7,9-13H2,1-2H3,(H,19,22)/t15-/m1/s1. The molecule has 0 radical (unpaired) electrons. The molecule has 5 nitrogen and oxygen atoms in total. The molecule has 1 aliphatic rings. The van der Waals surface area contributed by atoms with Crippen molar-refractivity contribution in [2.24, 2.45) is 0 Å². The van der Waals surface area contributed by atoms with Gasteiger partial charge in [-0.3, -0.25) is 0 Å². The number of methoxy groups -OCH3 is 1. The molecule has 1 aliphatic heterocycles. The number of hydrogen-bond donors (Lipinski definition) is 1. The van der Waals surface area contributed by atoms with Crippen LogP contribution in [0.2, 0.25) is 0 Å². The summed E-state index contributed by atoms with van der Waals surface area (Å²) in [7, 11) is 3.72. The van der Waals surface area contributed by atoms with Crippen molar-refractivity contribution in [3.8, 4) is 0 Å². The Morgan fingerprint density at radius 1 is 1.48 bits per heavy atom. The van der Waals surface area contributed by atoms with Crippen molar-refractivity contribution < 1.29 is 13.9 Å². The Morgan fingerprint density at radius 3 is 3.00 bits per heavy atom. The topological polar surface area (TPSA) is 44.8 Å². The van der Waals surface area contributed by atoms with Gasteiger partial charge < -0.3 is 19.9 Å². The number of urea groups is 1. The lowest BCUT2D eigenvalue weighted by atomic mass is 10.2. The molecule has 23 heavy (non-hydrogen) atoms. The number of likely N-dealkylation sites (tertiary alicyclic amines) is 1. The van der Waals surface area contributed by atoms with Gasteiger partial charge in [-0.25, -0.2) is 9.18 Å². The number of nitrogens with one attached hydrogen (secondary N) is 1. The molecule has 6 heteroatoms. The zero-order chi connectivity index (χ0) is 16.7. The van der Waals surface area contributed by atoms with E-state index >= 15 is 0 Å². The molecule has 0 unspecified atom stereocenters. The van der Waals surface area contributed by atoms with E-state index in [2.05, 4.69) is 10.2 Å². The number of nitrogens with zero attached hydrogens (tertiary/aromatic N) is 2. The summed E-state index contributed by atoms with van der Waals surface area (Å²) in [5.74, 6) is -0.287. The molecule has 1 saturated heterocycles. The molecule has 2 amide bonds. The normalized spacial score (nSPS) is 17.7. The third kappa shape index (κ3) is 5.18. The molecule has 1 aromatic carbocycles. The average Bonchev–Trinajstić information content (AvgIpc) is 3.00. The number of ether oxygens (including phenoxy) is 1. The molecule has 128 valence electrons. The summed E-state index contributed by atoms with van der Waals surface area (Å²) < 4.78 is 18.7. The lowest BCUT2D eigenvalue weighted by Gasteiger charge is -2.28. The third-order valence-electron chi connectivity index (χ3n) is 4.23. The van der Waals surface area contributed by atoms with Gasteiger partial charge in [0.15, 0.2) is 0 Å². The molecule has 1 atom stereocenters. The Labute approximate surface area is 137 Å². The van der Waals surface area contributed by atoms with Crippen molar-refractivity contribution >= 4 is 6.03 Å². The molecular formula is C17H26FN3O2. The Morgan fingerprint density at radius 2 is 2.26 bits per heavy atom. The van der Waals surface area contributed by atoms with E-state index in [1.54, 1.807) is 25.3 Å². The number of likely N-dealkylation sites (N-methyl/N-ethyl adjacent to an activating group) is 1. The van der Waals surface area contributed by atoms with Crippen LogP contribution in [-0.4, -0.2) is 62.3 Å². The van der Waals surface area contributed by atoms with E-state index in [-0.39, 0.29) is 24.4 Å². The second-order valence-electron chi connectivity index (χ2n) is 5.99. The molecule has 0 aromatic heterocycles. The first-order chi connectivity index (χ1) is 11.1. The predicted molar refractivity (Wildman–Crippen MR) is 87.7 cm³/mol. The van der Waals surface area contributed by atoms with Crippen LogP contribution in [0.5, 0.6) is 0 Å². The summed E-state index contributed by atoms with van der Waals surface area (Å²) in [5, 5.41) is 2.83. The maximum absolute atomic E-state index is 13.6. The van der Waals surface area contributed by atoms with Gasteiger partial charge in [-0.05, 0) is 26.0 Å². The Kier molecular flexibility index (Phi) is 6.80. The van der Waals surface area contributed by atoms with Crippen LogP contribution in [0.4, 0.5) is 9.18 Å². The van der Waals surface area contributed by atoms with Crippen LogP contribution in [0.25, 0.3) is 0 Å².